The molecule has 6 heteroatoms. The van der Waals surface area contributed by atoms with Crippen LogP contribution >= 0.6 is 11.8 Å². The molecule has 0 spiro atoms. The molecule has 0 amide bonds. The molecule has 2 aromatic carbocycles. The van der Waals surface area contributed by atoms with Crippen LogP contribution in [0.15, 0.2) is 65.8 Å². The van der Waals surface area contributed by atoms with Crippen molar-refractivity contribution < 1.29 is 0 Å². The Morgan fingerprint density at radius 1 is 1.00 bits per heavy atom. The number of tetrazole rings is 1. The van der Waals surface area contributed by atoms with Gasteiger partial charge in [0.1, 0.15) is 0 Å². The van der Waals surface area contributed by atoms with Crippen LogP contribution in [0, 0.1) is 0 Å². The number of rotatable bonds is 5. The van der Waals surface area contributed by atoms with Gasteiger partial charge in [0, 0.05) is 11.8 Å². The number of hydrogen-bond acceptors (Lipinski definition) is 5. The van der Waals surface area contributed by atoms with Gasteiger partial charge in [-0.15, -0.1) is 5.10 Å². The molecular formula is C15H15N5S. The zero-order valence-corrected chi connectivity index (χ0v) is 12.1. The van der Waals surface area contributed by atoms with E-state index in [4.69, 9.17) is 5.73 Å². The first-order chi connectivity index (χ1) is 10.3. The van der Waals surface area contributed by atoms with E-state index in [-0.39, 0.29) is 6.04 Å². The summed E-state index contributed by atoms with van der Waals surface area (Å²) in [5, 5.41) is 12.6. The molecule has 1 heterocycles. The van der Waals surface area contributed by atoms with E-state index >= 15 is 0 Å². The second-order valence-electron chi connectivity index (χ2n) is 4.54. The molecule has 1 unspecified atom stereocenters. The Bertz CT molecular complexity index is 684. The molecule has 5 nitrogen and oxygen atoms in total. The Labute approximate surface area is 127 Å². The molecule has 0 aliphatic rings. The number of hydrogen-bond donors (Lipinski definition) is 1. The number of nitrogens with zero attached hydrogens (tertiary/aromatic N) is 4. The van der Waals surface area contributed by atoms with Crippen molar-refractivity contribution in [3.05, 3.63) is 66.2 Å². The van der Waals surface area contributed by atoms with Crippen LogP contribution in [0.1, 0.15) is 11.6 Å². The number of nitrogens with two attached hydrogens (primary N) is 1. The Morgan fingerprint density at radius 3 is 2.38 bits per heavy atom. The van der Waals surface area contributed by atoms with E-state index in [0.29, 0.717) is 0 Å². The van der Waals surface area contributed by atoms with E-state index in [1.54, 1.807) is 16.4 Å². The van der Waals surface area contributed by atoms with Gasteiger partial charge in [-0.2, -0.15) is 4.68 Å². The molecule has 0 saturated heterocycles. The minimum Gasteiger partial charge on any atom is -0.323 e. The lowest BCUT2D eigenvalue weighted by molar-refractivity contribution is 0.753. The van der Waals surface area contributed by atoms with Gasteiger partial charge < -0.3 is 5.73 Å². The highest BCUT2D eigenvalue weighted by atomic mass is 32.2. The summed E-state index contributed by atoms with van der Waals surface area (Å²) in [5.74, 6) is 0.719. The predicted molar refractivity (Wildman–Crippen MR) is 83.2 cm³/mol. The van der Waals surface area contributed by atoms with Crippen molar-refractivity contribution in [2.75, 3.05) is 5.75 Å². The van der Waals surface area contributed by atoms with Crippen LogP contribution in [0.2, 0.25) is 0 Å². The number of thioether (sulfide) groups is 1. The molecule has 0 radical (unpaired) electrons. The first-order valence-corrected chi connectivity index (χ1v) is 7.60. The minimum absolute atomic E-state index is 0.0443. The molecule has 3 aromatic rings. The van der Waals surface area contributed by atoms with Crippen LogP contribution in [0.3, 0.4) is 0 Å². The van der Waals surface area contributed by atoms with Crippen molar-refractivity contribution in [3.63, 3.8) is 0 Å². The molecule has 0 saturated carbocycles. The smallest absolute Gasteiger partial charge is 0.214 e. The lowest BCUT2D eigenvalue weighted by Crippen LogP contribution is -2.13. The van der Waals surface area contributed by atoms with Gasteiger partial charge in [0.15, 0.2) is 0 Å². The summed E-state index contributed by atoms with van der Waals surface area (Å²) in [7, 11) is 0. The van der Waals surface area contributed by atoms with E-state index in [1.807, 2.05) is 60.7 Å². The molecule has 0 bridgehead atoms. The monoisotopic (exact) mass is 297 g/mol. The van der Waals surface area contributed by atoms with Crippen LogP contribution in [0.5, 0.6) is 0 Å². The standard InChI is InChI=1S/C15H15N5S/c16-14(12-7-3-1-4-8-12)11-21-15-17-18-19-20(15)13-9-5-2-6-10-13/h1-10,14H,11,16H2. The maximum absolute atomic E-state index is 6.20. The Morgan fingerprint density at radius 2 is 1.67 bits per heavy atom. The van der Waals surface area contributed by atoms with E-state index < -0.39 is 0 Å². The Balaban J connectivity index is 1.71. The van der Waals surface area contributed by atoms with E-state index in [1.165, 1.54) is 0 Å². The van der Waals surface area contributed by atoms with Gasteiger partial charge >= 0.3 is 0 Å². The van der Waals surface area contributed by atoms with Gasteiger partial charge in [-0.05, 0) is 28.1 Å². The highest BCUT2D eigenvalue weighted by Crippen LogP contribution is 2.22. The summed E-state index contributed by atoms with van der Waals surface area (Å²) in [4.78, 5) is 0. The molecular weight excluding hydrogens is 282 g/mol. The van der Waals surface area contributed by atoms with Gasteiger partial charge in [-0.3, -0.25) is 0 Å². The topological polar surface area (TPSA) is 69.6 Å². The number of benzene rings is 2. The van der Waals surface area contributed by atoms with Crippen LogP contribution in [-0.4, -0.2) is 26.0 Å². The second kappa shape index (κ2) is 6.51. The fourth-order valence-electron chi connectivity index (χ4n) is 1.96. The van der Waals surface area contributed by atoms with E-state index in [0.717, 1.165) is 22.2 Å². The minimum atomic E-state index is -0.0443. The van der Waals surface area contributed by atoms with Crippen molar-refractivity contribution in [2.45, 2.75) is 11.2 Å². The van der Waals surface area contributed by atoms with Crippen LogP contribution < -0.4 is 5.73 Å². The van der Waals surface area contributed by atoms with Crippen LogP contribution in [0.25, 0.3) is 5.69 Å². The molecule has 2 N–H and O–H groups in total. The molecule has 0 aliphatic carbocycles. The molecule has 0 fully saturated rings. The fraction of sp³-hybridized carbons (Fsp3) is 0.133. The van der Waals surface area contributed by atoms with Gasteiger partial charge in [-0.1, -0.05) is 60.3 Å². The largest absolute Gasteiger partial charge is 0.323 e. The van der Waals surface area contributed by atoms with Gasteiger partial charge in [0.25, 0.3) is 0 Å². The summed E-state index contributed by atoms with van der Waals surface area (Å²) in [6, 6.07) is 19.8. The van der Waals surface area contributed by atoms with E-state index in [9.17, 15) is 0 Å². The van der Waals surface area contributed by atoms with E-state index in [2.05, 4.69) is 15.5 Å². The summed E-state index contributed by atoms with van der Waals surface area (Å²) in [6.45, 7) is 0. The highest BCUT2D eigenvalue weighted by molar-refractivity contribution is 7.99. The maximum Gasteiger partial charge on any atom is 0.214 e. The maximum atomic E-state index is 6.20. The molecule has 21 heavy (non-hydrogen) atoms. The van der Waals surface area contributed by atoms with Gasteiger partial charge in [0.05, 0.1) is 5.69 Å². The third kappa shape index (κ3) is 3.29. The number of aromatic nitrogens is 4. The highest BCUT2D eigenvalue weighted by Gasteiger charge is 2.12. The third-order valence-electron chi connectivity index (χ3n) is 3.06. The lowest BCUT2D eigenvalue weighted by Gasteiger charge is -2.11. The first kappa shape index (κ1) is 13.8. The molecule has 3 rings (SSSR count). The summed E-state index contributed by atoms with van der Waals surface area (Å²) in [6.07, 6.45) is 0. The Kier molecular flexibility index (Phi) is 4.28. The third-order valence-corrected chi connectivity index (χ3v) is 4.10. The predicted octanol–water partition coefficient (Wildman–Crippen LogP) is 2.45. The average molecular weight is 297 g/mol. The lowest BCUT2D eigenvalue weighted by atomic mass is 10.1. The van der Waals surface area contributed by atoms with Crippen molar-refractivity contribution in [1.29, 1.82) is 0 Å². The average Bonchev–Trinajstić information content (AvgIpc) is 3.03. The zero-order valence-electron chi connectivity index (χ0n) is 11.3. The summed E-state index contributed by atoms with van der Waals surface area (Å²) < 4.78 is 1.72. The quantitative estimate of drug-likeness (QED) is 0.733. The van der Waals surface area contributed by atoms with Crippen molar-refractivity contribution in [2.24, 2.45) is 5.73 Å². The normalized spacial score (nSPS) is 12.2. The molecule has 1 aromatic heterocycles. The molecule has 0 aliphatic heterocycles. The van der Waals surface area contributed by atoms with Gasteiger partial charge in [0.2, 0.25) is 5.16 Å². The zero-order chi connectivity index (χ0) is 14.5. The summed E-state index contributed by atoms with van der Waals surface area (Å²) in [5.41, 5.74) is 8.26. The first-order valence-electron chi connectivity index (χ1n) is 6.62. The van der Waals surface area contributed by atoms with Crippen LogP contribution in [0.4, 0.5) is 0 Å². The summed E-state index contributed by atoms with van der Waals surface area (Å²) >= 11 is 1.55. The second-order valence-corrected chi connectivity index (χ2v) is 5.52. The van der Waals surface area contributed by atoms with Crippen molar-refractivity contribution in [1.82, 2.24) is 20.2 Å². The van der Waals surface area contributed by atoms with Gasteiger partial charge in [-0.25, -0.2) is 0 Å². The van der Waals surface area contributed by atoms with Crippen molar-refractivity contribution >= 4 is 11.8 Å². The fourth-order valence-corrected chi connectivity index (χ4v) is 2.84. The molecule has 106 valence electrons. The van der Waals surface area contributed by atoms with Crippen molar-refractivity contribution in [3.8, 4) is 5.69 Å². The SMILES string of the molecule is NC(CSc1nnnn1-c1ccccc1)c1ccccc1. The van der Waals surface area contributed by atoms with Crippen LogP contribution in [-0.2, 0) is 0 Å². The Hall–Kier alpha value is -2.18. The number of para-hydroxylation sites is 1. The molecule has 1 atom stereocenters.